The van der Waals surface area contributed by atoms with Crippen molar-refractivity contribution in [3.05, 3.63) is 117 Å². The standard InChI is InChI=1S/C28H25ClFNO.C6H5NO2/c1-16(2)24-14-27(26(30)15-25(24)29)31-28(32)23-9-5-8-19-21-11-10-17-6-3-4-7-18(17)20(21)12-13-22(19)23;8-6(9)5-3-1-2-4-7-5/h3-4,6-8,11-16,23H,5,9-10H2,1-2H3,(H,31,32);1-4H,(H,8,9). The quantitative estimate of drug-likeness (QED) is 0.288. The number of carbonyl (C=O) groups excluding carboxylic acids is 1. The monoisotopic (exact) mass is 568 g/mol. The summed E-state index contributed by atoms with van der Waals surface area (Å²) < 4.78 is 14.6. The summed E-state index contributed by atoms with van der Waals surface area (Å²) in [7, 11) is 0. The van der Waals surface area contributed by atoms with E-state index in [-0.39, 0.29) is 29.1 Å². The van der Waals surface area contributed by atoms with Crippen molar-refractivity contribution in [2.45, 2.75) is 44.9 Å². The summed E-state index contributed by atoms with van der Waals surface area (Å²) in [5.74, 6) is -1.86. The molecule has 0 spiro atoms. The zero-order chi connectivity index (χ0) is 29.1. The Balaban J connectivity index is 0.000000321. The summed E-state index contributed by atoms with van der Waals surface area (Å²) in [5.41, 5.74) is 5.91. The Hall–Kier alpha value is -4.29. The number of aromatic carboxylic acids is 1. The second-order valence-electron chi connectivity index (χ2n) is 10.4. The van der Waals surface area contributed by atoms with Gasteiger partial charge in [0, 0.05) is 11.2 Å². The molecule has 0 fully saturated rings. The third-order valence-electron chi connectivity index (χ3n) is 7.50. The summed E-state index contributed by atoms with van der Waals surface area (Å²) in [4.78, 5) is 27.0. The number of carboxylic acid groups (broad SMARTS) is 1. The number of pyridine rings is 1. The van der Waals surface area contributed by atoms with E-state index < -0.39 is 11.8 Å². The number of nitrogens with one attached hydrogen (secondary N) is 1. The molecule has 5 nitrogen and oxygen atoms in total. The van der Waals surface area contributed by atoms with E-state index in [0.29, 0.717) is 11.4 Å². The van der Waals surface area contributed by atoms with Crippen LogP contribution in [0.25, 0.3) is 23.3 Å². The summed E-state index contributed by atoms with van der Waals surface area (Å²) >= 11 is 6.19. The molecule has 41 heavy (non-hydrogen) atoms. The number of halogens is 2. The van der Waals surface area contributed by atoms with Crippen LogP contribution >= 0.6 is 11.6 Å². The highest BCUT2D eigenvalue weighted by Gasteiger charge is 2.26. The van der Waals surface area contributed by atoms with Crippen LogP contribution in [0.15, 0.2) is 72.9 Å². The zero-order valence-corrected chi connectivity index (χ0v) is 23.6. The lowest BCUT2D eigenvalue weighted by Crippen LogP contribution is -2.38. The molecule has 7 heteroatoms. The Morgan fingerprint density at radius 3 is 2.49 bits per heavy atom. The maximum atomic E-state index is 14.6. The fraction of sp³-hybridized carbons (Fsp3) is 0.206. The minimum Gasteiger partial charge on any atom is -0.477 e. The molecule has 0 bridgehead atoms. The first-order chi connectivity index (χ1) is 19.7. The van der Waals surface area contributed by atoms with Gasteiger partial charge in [0.2, 0.25) is 5.91 Å². The van der Waals surface area contributed by atoms with E-state index in [2.05, 4.69) is 58.9 Å². The Kier molecular flexibility index (Phi) is 8.31. The first kappa shape index (κ1) is 28.2. The lowest BCUT2D eigenvalue weighted by molar-refractivity contribution is -0.117. The number of aromatic nitrogens is 1. The highest BCUT2D eigenvalue weighted by Crippen LogP contribution is 2.32. The van der Waals surface area contributed by atoms with Crippen LogP contribution in [-0.2, 0) is 11.2 Å². The van der Waals surface area contributed by atoms with Crippen LogP contribution in [0.5, 0.6) is 0 Å². The zero-order valence-electron chi connectivity index (χ0n) is 22.8. The normalized spacial score (nSPS) is 14.7. The lowest BCUT2D eigenvalue weighted by atomic mass is 9.82. The smallest absolute Gasteiger partial charge is 0.354 e. The third-order valence-corrected chi connectivity index (χ3v) is 7.83. The first-order valence-electron chi connectivity index (χ1n) is 13.6. The molecule has 1 unspecified atom stereocenters. The number of hydrogen-bond acceptors (Lipinski definition) is 3. The van der Waals surface area contributed by atoms with Gasteiger partial charge in [-0.15, -0.1) is 0 Å². The highest BCUT2D eigenvalue weighted by atomic mass is 35.5. The van der Waals surface area contributed by atoms with Crippen molar-refractivity contribution >= 4 is 41.3 Å². The number of carboxylic acids is 1. The predicted molar refractivity (Wildman–Crippen MR) is 161 cm³/mol. The van der Waals surface area contributed by atoms with Gasteiger partial charge in [-0.2, -0.15) is 0 Å². The number of anilines is 1. The highest BCUT2D eigenvalue weighted by molar-refractivity contribution is 6.31. The van der Waals surface area contributed by atoms with Crippen molar-refractivity contribution in [3.63, 3.8) is 0 Å². The van der Waals surface area contributed by atoms with E-state index >= 15 is 0 Å². The van der Waals surface area contributed by atoms with Gasteiger partial charge in [0.25, 0.3) is 0 Å². The van der Waals surface area contributed by atoms with Gasteiger partial charge in [-0.25, -0.2) is 14.2 Å². The summed E-state index contributed by atoms with van der Waals surface area (Å²) in [6.45, 7) is 3.99. The van der Waals surface area contributed by atoms with Gasteiger partial charge >= 0.3 is 5.97 Å². The van der Waals surface area contributed by atoms with E-state index in [0.717, 1.165) is 29.2 Å². The number of hydrogen-bond donors (Lipinski definition) is 2. The first-order valence-corrected chi connectivity index (χ1v) is 14.0. The fourth-order valence-corrected chi connectivity index (χ4v) is 5.82. The van der Waals surface area contributed by atoms with Gasteiger partial charge in [0.05, 0.1) is 11.6 Å². The van der Waals surface area contributed by atoms with Crippen molar-refractivity contribution in [2.75, 3.05) is 5.32 Å². The number of nitrogens with zero attached hydrogens (tertiary/aromatic N) is 1. The van der Waals surface area contributed by atoms with Crippen molar-refractivity contribution in [2.24, 2.45) is 0 Å². The fourth-order valence-electron chi connectivity index (χ4n) is 5.45. The van der Waals surface area contributed by atoms with Gasteiger partial charge in [-0.1, -0.05) is 80.1 Å². The third kappa shape index (κ3) is 5.93. The Labute approximate surface area is 243 Å². The molecule has 208 valence electrons. The summed E-state index contributed by atoms with van der Waals surface area (Å²) in [6.07, 6.45) is 8.36. The molecule has 0 saturated heterocycles. The molecular formula is C34H30ClFN2O3. The summed E-state index contributed by atoms with van der Waals surface area (Å²) in [6, 6.07) is 20.4. The number of benzene rings is 3. The molecule has 6 rings (SSSR count). The minimum atomic E-state index is -0.990. The molecule has 2 aliphatic rings. The van der Waals surface area contributed by atoms with Crippen LogP contribution in [0.2, 0.25) is 5.02 Å². The Morgan fingerprint density at radius 1 is 1.00 bits per heavy atom. The van der Waals surface area contributed by atoms with Crippen LogP contribution < -0.4 is 15.8 Å². The van der Waals surface area contributed by atoms with E-state index in [4.69, 9.17) is 16.7 Å². The number of fused-ring (bicyclic) bond motifs is 5. The molecule has 1 heterocycles. The second kappa shape index (κ2) is 12.1. The second-order valence-corrected chi connectivity index (χ2v) is 10.9. The SMILES string of the molecule is CC(C)c1cc(NC(=O)C2CCC=c3c2ccc2c3=CCc3ccccc3-2)c(F)cc1Cl.O=C(O)c1ccccn1. The average Bonchev–Trinajstić information content (AvgIpc) is 2.98. The van der Waals surface area contributed by atoms with Gasteiger partial charge in [0.1, 0.15) is 11.5 Å². The summed E-state index contributed by atoms with van der Waals surface area (Å²) in [5, 5.41) is 13.9. The van der Waals surface area contributed by atoms with Gasteiger partial charge < -0.3 is 10.4 Å². The molecule has 0 radical (unpaired) electrons. The largest absolute Gasteiger partial charge is 0.477 e. The molecule has 3 aromatic carbocycles. The number of carbonyl (C=O) groups is 2. The molecule has 1 amide bonds. The Morgan fingerprint density at radius 2 is 1.78 bits per heavy atom. The Bertz CT molecular complexity index is 1750. The van der Waals surface area contributed by atoms with Gasteiger partial charge in [-0.3, -0.25) is 4.79 Å². The van der Waals surface area contributed by atoms with E-state index in [1.807, 2.05) is 13.8 Å². The molecule has 4 aromatic rings. The molecular weight excluding hydrogens is 539 g/mol. The topological polar surface area (TPSA) is 79.3 Å². The average molecular weight is 569 g/mol. The number of rotatable bonds is 4. The minimum absolute atomic E-state index is 0.0810. The number of amides is 1. The predicted octanol–water partition coefficient (Wildman–Crippen LogP) is 6.68. The molecule has 2 N–H and O–H groups in total. The van der Waals surface area contributed by atoms with Crippen molar-refractivity contribution in [1.82, 2.24) is 4.98 Å². The van der Waals surface area contributed by atoms with Gasteiger partial charge in [-0.05, 0) is 87.7 Å². The van der Waals surface area contributed by atoms with Crippen LogP contribution in [0.3, 0.4) is 0 Å². The van der Waals surface area contributed by atoms with Crippen LogP contribution in [0, 0.1) is 5.82 Å². The maximum absolute atomic E-state index is 14.6. The van der Waals surface area contributed by atoms with E-state index in [1.165, 1.54) is 40.2 Å². The van der Waals surface area contributed by atoms with Crippen LogP contribution in [0.4, 0.5) is 10.1 Å². The van der Waals surface area contributed by atoms with Crippen molar-refractivity contribution < 1.29 is 19.1 Å². The van der Waals surface area contributed by atoms with E-state index in [9.17, 15) is 14.0 Å². The molecule has 1 aromatic heterocycles. The van der Waals surface area contributed by atoms with E-state index in [1.54, 1.807) is 18.2 Å². The maximum Gasteiger partial charge on any atom is 0.354 e. The molecule has 0 aliphatic heterocycles. The van der Waals surface area contributed by atoms with Crippen LogP contribution in [-0.4, -0.2) is 22.0 Å². The molecule has 0 saturated carbocycles. The molecule has 1 atom stereocenters. The van der Waals surface area contributed by atoms with Crippen molar-refractivity contribution in [3.8, 4) is 11.1 Å². The van der Waals surface area contributed by atoms with Crippen molar-refractivity contribution in [1.29, 1.82) is 0 Å². The van der Waals surface area contributed by atoms with Gasteiger partial charge in [0.15, 0.2) is 0 Å². The lowest BCUT2D eigenvalue weighted by Gasteiger charge is -2.24. The van der Waals surface area contributed by atoms with Crippen LogP contribution in [0.1, 0.15) is 65.7 Å². The molecule has 2 aliphatic carbocycles.